The predicted octanol–water partition coefficient (Wildman–Crippen LogP) is 3.18. The molecule has 2 heteroatoms. The second kappa shape index (κ2) is 4.18. The molecule has 2 fully saturated rings. The smallest absolute Gasteiger partial charge is 0.118 e. The summed E-state index contributed by atoms with van der Waals surface area (Å²) in [5, 5.41) is 0. The van der Waals surface area contributed by atoms with Crippen LogP contribution in [0.2, 0.25) is 0 Å². The van der Waals surface area contributed by atoms with Crippen molar-refractivity contribution >= 4 is 0 Å². The van der Waals surface area contributed by atoms with Gasteiger partial charge < -0.3 is 5.73 Å². The minimum absolute atomic E-state index is 0.410. The van der Waals surface area contributed by atoms with E-state index in [1.807, 2.05) is 0 Å². The molecule has 2 aliphatic rings. The molecule has 0 aliphatic heterocycles. The first-order valence-electron chi connectivity index (χ1n) is 6.14. The average Bonchev–Trinajstić information content (AvgIpc) is 2.92. The van der Waals surface area contributed by atoms with Gasteiger partial charge in [0.25, 0.3) is 0 Å². The molecule has 0 aromatic heterocycles. The largest absolute Gasteiger partial charge is 0.323 e. The molecule has 1 atom stereocenters. The van der Waals surface area contributed by atoms with Crippen LogP contribution in [-0.2, 0) is 0 Å². The van der Waals surface area contributed by atoms with Crippen LogP contribution < -0.4 is 5.73 Å². The molecule has 1 unspecified atom stereocenters. The third-order valence-electron chi connectivity index (χ3n) is 3.97. The van der Waals surface area contributed by atoms with Gasteiger partial charge in [-0.3, -0.25) is 0 Å². The average molecular weight is 199 g/mol. The molecule has 0 saturated heterocycles. The van der Waals surface area contributed by atoms with Gasteiger partial charge in [0, 0.05) is 5.54 Å². The summed E-state index contributed by atoms with van der Waals surface area (Å²) in [7, 11) is 0. The van der Waals surface area contributed by atoms with Crippen molar-refractivity contribution in [3.63, 3.8) is 0 Å². The van der Waals surface area contributed by atoms with Crippen molar-refractivity contribution in [1.29, 1.82) is 0 Å². The number of rotatable bonds is 3. The molecule has 2 aliphatic carbocycles. The molecule has 2 N–H and O–H groups in total. The molecular weight excluding hydrogens is 177 g/mol. The van der Waals surface area contributed by atoms with E-state index in [9.17, 15) is 4.39 Å². The summed E-state index contributed by atoms with van der Waals surface area (Å²) in [4.78, 5) is 0. The number of hydrogen-bond acceptors (Lipinski definition) is 1. The van der Waals surface area contributed by atoms with Crippen LogP contribution in [0.1, 0.15) is 57.8 Å². The fourth-order valence-corrected chi connectivity index (χ4v) is 2.58. The maximum atomic E-state index is 13.8. The summed E-state index contributed by atoms with van der Waals surface area (Å²) < 4.78 is 13.8. The second-order valence-corrected chi connectivity index (χ2v) is 5.29. The molecule has 0 aromatic rings. The second-order valence-electron chi connectivity index (χ2n) is 5.29. The maximum Gasteiger partial charge on any atom is 0.118 e. The lowest BCUT2D eigenvalue weighted by Gasteiger charge is -2.21. The van der Waals surface area contributed by atoms with Crippen LogP contribution in [0.15, 0.2) is 0 Å². The van der Waals surface area contributed by atoms with Crippen molar-refractivity contribution in [2.24, 2.45) is 11.7 Å². The predicted molar refractivity (Wildman–Crippen MR) is 56.9 cm³/mol. The molecule has 0 radical (unpaired) electrons. The van der Waals surface area contributed by atoms with Gasteiger partial charge in [0.15, 0.2) is 0 Å². The Bertz CT molecular complexity index is 181. The summed E-state index contributed by atoms with van der Waals surface area (Å²) in [5.41, 5.74) is 5.46. The van der Waals surface area contributed by atoms with Gasteiger partial charge in [-0.25, -0.2) is 4.39 Å². The fraction of sp³-hybridized carbons (Fsp3) is 1.00. The van der Waals surface area contributed by atoms with Gasteiger partial charge in [-0.2, -0.15) is 0 Å². The zero-order valence-electron chi connectivity index (χ0n) is 8.97. The zero-order valence-corrected chi connectivity index (χ0v) is 8.97. The van der Waals surface area contributed by atoms with Gasteiger partial charge in [-0.1, -0.05) is 38.5 Å². The molecule has 0 aromatic carbocycles. The number of halogens is 1. The van der Waals surface area contributed by atoms with Crippen LogP contribution in [0.5, 0.6) is 0 Å². The van der Waals surface area contributed by atoms with Crippen molar-refractivity contribution in [3.8, 4) is 0 Å². The zero-order chi connectivity index (χ0) is 10.0. The maximum absolute atomic E-state index is 13.8. The van der Waals surface area contributed by atoms with Crippen molar-refractivity contribution in [2.75, 3.05) is 0 Å². The topological polar surface area (TPSA) is 26.0 Å². The lowest BCUT2D eigenvalue weighted by molar-refractivity contribution is 0.208. The molecule has 0 spiro atoms. The van der Waals surface area contributed by atoms with E-state index < -0.39 is 11.7 Å². The van der Waals surface area contributed by atoms with Crippen molar-refractivity contribution in [2.45, 2.75) is 69.5 Å². The van der Waals surface area contributed by atoms with Crippen molar-refractivity contribution in [1.82, 2.24) is 0 Å². The number of hydrogen-bond donors (Lipinski definition) is 1. The first-order valence-corrected chi connectivity index (χ1v) is 6.14. The summed E-state index contributed by atoms with van der Waals surface area (Å²) in [6.07, 6.45) is 9.57. The minimum Gasteiger partial charge on any atom is -0.323 e. The third-order valence-corrected chi connectivity index (χ3v) is 3.97. The Balaban J connectivity index is 1.77. The molecule has 2 rings (SSSR count). The van der Waals surface area contributed by atoms with Crippen LogP contribution in [0, 0.1) is 5.92 Å². The van der Waals surface area contributed by atoms with Gasteiger partial charge in [-0.05, 0) is 25.2 Å². The molecule has 14 heavy (non-hydrogen) atoms. The highest BCUT2D eigenvalue weighted by Gasteiger charge is 2.46. The van der Waals surface area contributed by atoms with Crippen LogP contribution >= 0.6 is 0 Å². The first-order chi connectivity index (χ1) is 6.71. The van der Waals surface area contributed by atoms with E-state index in [2.05, 4.69) is 0 Å². The van der Waals surface area contributed by atoms with Crippen LogP contribution in [-0.4, -0.2) is 11.7 Å². The van der Waals surface area contributed by atoms with Crippen LogP contribution in [0.25, 0.3) is 0 Å². The Hall–Kier alpha value is -0.110. The molecular formula is C12H22FN. The highest BCUT2D eigenvalue weighted by molar-refractivity contribution is 5.05. The van der Waals surface area contributed by atoms with Gasteiger partial charge in [-0.15, -0.1) is 0 Å². The summed E-state index contributed by atoms with van der Waals surface area (Å²) in [5.74, 6) is 0.619. The quantitative estimate of drug-likeness (QED) is 0.694. The van der Waals surface area contributed by atoms with Gasteiger partial charge in [0.2, 0.25) is 0 Å². The Morgan fingerprint density at radius 1 is 1.14 bits per heavy atom. The van der Waals surface area contributed by atoms with E-state index >= 15 is 0 Å². The Morgan fingerprint density at radius 3 is 2.21 bits per heavy atom. The van der Waals surface area contributed by atoms with E-state index in [-0.39, 0.29) is 0 Å². The monoisotopic (exact) mass is 199 g/mol. The van der Waals surface area contributed by atoms with Crippen LogP contribution in [0.4, 0.5) is 4.39 Å². The van der Waals surface area contributed by atoms with Gasteiger partial charge >= 0.3 is 0 Å². The molecule has 82 valence electrons. The lowest BCUT2D eigenvalue weighted by atomic mass is 9.91. The van der Waals surface area contributed by atoms with E-state index in [1.54, 1.807) is 0 Å². The normalized spacial score (nSPS) is 29.6. The van der Waals surface area contributed by atoms with Crippen molar-refractivity contribution in [3.05, 3.63) is 0 Å². The van der Waals surface area contributed by atoms with E-state index in [0.29, 0.717) is 5.92 Å². The molecule has 0 heterocycles. The minimum atomic E-state index is -0.731. The van der Waals surface area contributed by atoms with E-state index in [4.69, 9.17) is 5.73 Å². The molecule has 0 bridgehead atoms. The standard InChI is InChI=1S/C12H22FN/c13-11(12(14)7-8-12)9-10-5-3-1-2-4-6-10/h10-11H,1-9,14H2. The summed E-state index contributed by atoms with van der Waals surface area (Å²) in [6.45, 7) is 0. The van der Waals surface area contributed by atoms with E-state index in [0.717, 1.165) is 19.3 Å². The third kappa shape index (κ3) is 2.47. The van der Waals surface area contributed by atoms with E-state index in [1.165, 1.54) is 38.5 Å². The first kappa shape index (κ1) is 10.4. The lowest BCUT2D eigenvalue weighted by Crippen LogP contribution is -2.35. The highest BCUT2D eigenvalue weighted by Crippen LogP contribution is 2.41. The Kier molecular flexibility index (Phi) is 3.10. The van der Waals surface area contributed by atoms with Crippen molar-refractivity contribution < 1.29 is 4.39 Å². The highest BCUT2D eigenvalue weighted by atomic mass is 19.1. The van der Waals surface area contributed by atoms with Gasteiger partial charge in [0.1, 0.15) is 6.17 Å². The van der Waals surface area contributed by atoms with Gasteiger partial charge in [0.05, 0.1) is 0 Å². The Morgan fingerprint density at radius 2 is 1.71 bits per heavy atom. The fourth-order valence-electron chi connectivity index (χ4n) is 2.58. The number of nitrogens with two attached hydrogens (primary N) is 1. The SMILES string of the molecule is NC1(C(F)CC2CCCCCC2)CC1. The number of alkyl halides is 1. The molecule has 1 nitrogen and oxygen atoms in total. The summed E-state index contributed by atoms with van der Waals surface area (Å²) >= 11 is 0. The summed E-state index contributed by atoms with van der Waals surface area (Å²) in [6, 6.07) is 0. The molecule has 0 amide bonds. The molecule has 2 saturated carbocycles. The van der Waals surface area contributed by atoms with Crippen LogP contribution in [0.3, 0.4) is 0 Å². The Labute approximate surface area is 86.2 Å².